The summed E-state index contributed by atoms with van der Waals surface area (Å²) in [7, 11) is -9.06. The molecule has 2 aromatic carbocycles. The van der Waals surface area contributed by atoms with Crippen LogP contribution in [0, 0.1) is 0 Å². The van der Waals surface area contributed by atoms with Crippen molar-refractivity contribution in [2.75, 3.05) is 36.8 Å². The normalized spacial score (nSPS) is 23.4. The third-order valence-corrected chi connectivity index (χ3v) is 12.9. The molecule has 0 saturated carbocycles. The summed E-state index contributed by atoms with van der Waals surface area (Å²) in [6, 6.07) is 9.35. The summed E-state index contributed by atoms with van der Waals surface area (Å²) in [4.78, 5) is 38.5. The van der Waals surface area contributed by atoms with Gasteiger partial charge >= 0.3 is 5.97 Å². The Hall–Kier alpha value is -4.64. The molecule has 3 aliphatic heterocycles. The Bertz CT molecular complexity index is 2260. The number of hydrogen-bond donors (Lipinski definition) is 4. The molecule has 0 bridgehead atoms. The Kier molecular flexibility index (Phi) is 14.2. The van der Waals surface area contributed by atoms with E-state index in [1.807, 2.05) is 48.3 Å². The lowest BCUT2D eigenvalue weighted by molar-refractivity contribution is -0.438. The van der Waals surface area contributed by atoms with E-state index in [9.17, 15) is 45.4 Å². The van der Waals surface area contributed by atoms with Gasteiger partial charge < -0.3 is 25.2 Å². The quantitative estimate of drug-likeness (QED) is 0.211. The molecule has 0 aromatic heterocycles. The van der Waals surface area contributed by atoms with Gasteiger partial charge in [0.15, 0.2) is 5.71 Å². The van der Waals surface area contributed by atoms with Gasteiger partial charge in [0, 0.05) is 73.4 Å². The highest BCUT2D eigenvalue weighted by atomic mass is 32.2. The molecule has 3 aliphatic rings. The Morgan fingerprint density at radius 2 is 1.53 bits per heavy atom. The van der Waals surface area contributed by atoms with E-state index in [4.69, 9.17) is 0 Å². The predicted molar refractivity (Wildman–Crippen MR) is 220 cm³/mol. The summed E-state index contributed by atoms with van der Waals surface area (Å²) >= 11 is 0. The number of carbonyl (C=O) groups is 3. The molecule has 1 unspecified atom stereocenters. The molecule has 0 saturated heterocycles. The summed E-state index contributed by atoms with van der Waals surface area (Å²) in [6.45, 7) is 7.49. The first-order chi connectivity index (χ1) is 27.3. The molecular formula is C42H54N4O10S2. The SMILES string of the molecule is CC1(C)C2=[N+](CCCCCC(=O)NCCNC(=O)CCCCCC3(C)/C(=C/C=C/C=C/2)N(CCCS(=O)(=O)O)c2ccc(S(=O)(=O)[O-])cc23)c2ccc(C(=O)O)cc21. The van der Waals surface area contributed by atoms with E-state index in [2.05, 4.69) is 29.1 Å². The predicted octanol–water partition coefficient (Wildman–Crippen LogP) is 5.47. The summed E-state index contributed by atoms with van der Waals surface area (Å²) in [5, 5.41) is 15.5. The van der Waals surface area contributed by atoms with Gasteiger partial charge in [0.1, 0.15) is 16.7 Å². The number of rotatable bonds is 6. The number of nitrogens with zero attached hydrogens (tertiary/aromatic N) is 2. The van der Waals surface area contributed by atoms with E-state index < -0.39 is 42.8 Å². The van der Waals surface area contributed by atoms with Crippen LogP contribution in [0.3, 0.4) is 0 Å². The second-order valence-corrected chi connectivity index (χ2v) is 18.8. The van der Waals surface area contributed by atoms with Crippen LogP contribution in [-0.4, -0.2) is 91.1 Å². The minimum Gasteiger partial charge on any atom is -0.744 e. The average Bonchev–Trinajstić information content (AvgIpc) is 3.50. The first kappa shape index (κ1) is 44.5. The highest BCUT2D eigenvalue weighted by molar-refractivity contribution is 7.86. The van der Waals surface area contributed by atoms with E-state index in [0.29, 0.717) is 69.4 Å². The Morgan fingerprint density at radius 1 is 0.862 bits per heavy atom. The van der Waals surface area contributed by atoms with E-state index in [-0.39, 0.29) is 41.7 Å². The number of benzene rings is 2. The number of hydrogen-bond acceptors (Lipinski definition) is 9. The van der Waals surface area contributed by atoms with Crippen molar-refractivity contribution in [1.29, 1.82) is 0 Å². The monoisotopic (exact) mass is 838 g/mol. The van der Waals surface area contributed by atoms with Gasteiger partial charge in [0.2, 0.25) is 17.5 Å². The van der Waals surface area contributed by atoms with Gasteiger partial charge in [0.25, 0.3) is 10.1 Å². The van der Waals surface area contributed by atoms with Gasteiger partial charge in [-0.05, 0) is 94.8 Å². The molecule has 16 heteroatoms. The second kappa shape index (κ2) is 18.5. The van der Waals surface area contributed by atoms with Crippen LogP contribution in [0.5, 0.6) is 0 Å². The van der Waals surface area contributed by atoms with Gasteiger partial charge in [-0.15, -0.1) is 0 Å². The number of carboxylic acid groups (broad SMARTS) is 1. The zero-order valence-corrected chi connectivity index (χ0v) is 35.0. The third kappa shape index (κ3) is 10.7. The fourth-order valence-electron chi connectivity index (χ4n) is 8.26. The zero-order valence-electron chi connectivity index (χ0n) is 33.3. The molecule has 0 fully saturated rings. The van der Waals surface area contributed by atoms with Gasteiger partial charge in [-0.2, -0.15) is 13.0 Å². The van der Waals surface area contributed by atoms with Crippen LogP contribution in [0.1, 0.15) is 106 Å². The minimum atomic E-state index is -4.80. The fourth-order valence-corrected chi connectivity index (χ4v) is 9.25. The van der Waals surface area contributed by atoms with Crippen LogP contribution in [0.2, 0.25) is 0 Å². The molecule has 3 heterocycles. The number of allylic oxidation sites excluding steroid dienone is 6. The zero-order chi connectivity index (χ0) is 42.3. The van der Waals surface area contributed by atoms with E-state index in [1.165, 1.54) is 12.1 Å². The Balaban J connectivity index is 1.54. The molecule has 14 nitrogen and oxygen atoms in total. The number of nitrogens with one attached hydrogen (secondary N) is 2. The lowest BCUT2D eigenvalue weighted by Gasteiger charge is -2.30. The van der Waals surface area contributed by atoms with Crippen molar-refractivity contribution in [2.24, 2.45) is 0 Å². The van der Waals surface area contributed by atoms with Crippen molar-refractivity contribution >= 4 is 55.1 Å². The Morgan fingerprint density at radius 3 is 2.17 bits per heavy atom. The maximum Gasteiger partial charge on any atom is 0.335 e. The second-order valence-electron chi connectivity index (χ2n) is 15.8. The van der Waals surface area contributed by atoms with Crippen molar-refractivity contribution < 1.29 is 50.0 Å². The van der Waals surface area contributed by atoms with E-state index in [0.717, 1.165) is 35.5 Å². The van der Waals surface area contributed by atoms with Crippen molar-refractivity contribution in [2.45, 2.75) is 101 Å². The van der Waals surface area contributed by atoms with Crippen molar-refractivity contribution in [1.82, 2.24) is 10.6 Å². The van der Waals surface area contributed by atoms with Gasteiger partial charge in [-0.1, -0.05) is 31.1 Å². The summed E-state index contributed by atoms with van der Waals surface area (Å²) in [6.07, 6.45) is 14.9. The summed E-state index contributed by atoms with van der Waals surface area (Å²) < 4.78 is 71.7. The van der Waals surface area contributed by atoms with E-state index >= 15 is 0 Å². The first-order valence-corrected chi connectivity index (χ1v) is 22.8. The fraction of sp³-hybridized carbons (Fsp3) is 0.476. The molecule has 5 rings (SSSR count). The number of carbonyl (C=O) groups excluding carboxylic acids is 2. The highest BCUT2D eigenvalue weighted by Crippen LogP contribution is 2.51. The number of amides is 2. The molecule has 2 aromatic rings. The standard InChI is InChI=1S/C42H54N4O10S2/c1-41(2)32-28-30(40(49)50)18-20-34(32)45-25-12-6-10-17-39(48)44-24-23-43-38(47)16-9-5-11-22-42(3)33-29-31(58(54,55)56)19-21-35(33)46(26-13-27-57(51,52)53)37(42)15-8-4-7-14-36(41)45/h4,7-8,14-15,18-21,28-29H,5-6,9-13,16-17,22-27H2,1-3H3,(H4-,43,44,47,48,49,50,51,52,53,54,55,56). The number of anilines is 1. The minimum absolute atomic E-state index is 0.0725. The van der Waals surface area contributed by atoms with Crippen LogP contribution in [0.15, 0.2) is 77.4 Å². The molecule has 1 atom stereocenters. The molecule has 58 heavy (non-hydrogen) atoms. The highest BCUT2D eigenvalue weighted by Gasteiger charge is 2.45. The van der Waals surface area contributed by atoms with Crippen LogP contribution in [0.25, 0.3) is 0 Å². The molecular weight excluding hydrogens is 785 g/mol. The van der Waals surface area contributed by atoms with Crippen LogP contribution in [-0.2, 0) is 40.7 Å². The summed E-state index contributed by atoms with van der Waals surface area (Å²) in [5.74, 6) is -1.71. The smallest absolute Gasteiger partial charge is 0.335 e. The van der Waals surface area contributed by atoms with Crippen molar-refractivity contribution in [3.05, 3.63) is 89.2 Å². The molecule has 2 amide bonds. The largest absolute Gasteiger partial charge is 0.744 e. The maximum atomic E-state index is 12.6. The van der Waals surface area contributed by atoms with Crippen LogP contribution < -0.4 is 15.5 Å². The molecule has 0 aliphatic carbocycles. The van der Waals surface area contributed by atoms with Crippen molar-refractivity contribution in [3.63, 3.8) is 0 Å². The van der Waals surface area contributed by atoms with Gasteiger partial charge in [-0.3, -0.25) is 14.1 Å². The lowest BCUT2D eigenvalue weighted by atomic mass is 9.77. The topological polar surface area (TPSA) is 213 Å². The number of carboxylic acids is 1. The third-order valence-electron chi connectivity index (χ3n) is 11.3. The molecule has 0 radical (unpaired) electrons. The maximum absolute atomic E-state index is 12.6. The lowest BCUT2D eigenvalue weighted by Crippen LogP contribution is -2.34. The van der Waals surface area contributed by atoms with Crippen molar-refractivity contribution in [3.8, 4) is 0 Å². The van der Waals surface area contributed by atoms with E-state index in [1.54, 1.807) is 18.2 Å². The molecule has 0 spiro atoms. The molecule has 4 N–H and O–H groups in total. The van der Waals surface area contributed by atoms with Gasteiger partial charge in [-0.25, -0.2) is 13.2 Å². The summed E-state index contributed by atoms with van der Waals surface area (Å²) in [5.41, 5.74) is 3.56. The Labute approximate surface area is 341 Å². The number of aromatic carboxylic acids is 1. The van der Waals surface area contributed by atoms with Crippen LogP contribution >= 0.6 is 0 Å². The van der Waals surface area contributed by atoms with Gasteiger partial charge in [0.05, 0.1) is 21.6 Å². The first-order valence-electron chi connectivity index (χ1n) is 19.8. The van der Waals surface area contributed by atoms with Crippen LogP contribution in [0.4, 0.5) is 11.4 Å². The number of fused-ring (bicyclic) bond motifs is 5. The average molecular weight is 839 g/mol. The molecule has 314 valence electrons.